The van der Waals surface area contributed by atoms with E-state index in [1.807, 2.05) is 0 Å². The molecule has 1 heterocycles. The molecule has 17 heavy (non-hydrogen) atoms. The molecule has 0 amide bonds. The van der Waals surface area contributed by atoms with Gasteiger partial charge in [0.1, 0.15) is 0 Å². The molecule has 2 rings (SSSR count). The highest BCUT2D eigenvalue weighted by atomic mass is 15.2. The molecule has 1 aliphatic heterocycles. The molecule has 2 aliphatic rings. The van der Waals surface area contributed by atoms with Gasteiger partial charge >= 0.3 is 0 Å². The van der Waals surface area contributed by atoms with E-state index in [9.17, 15) is 0 Å². The summed E-state index contributed by atoms with van der Waals surface area (Å²) in [7, 11) is 2.11. The summed E-state index contributed by atoms with van der Waals surface area (Å²) in [6.45, 7) is 7.48. The molecule has 100 valence electrons. The van der Waals surface area contributed by atoms with Gasteiger partial charge in [0.25, 0.3) is 0 Å². The molecule has 0 aromatic carbocycles. The molecule has 1 N–H and O–H groups in total. The van der Waals surface area contributed by atoms with Crippen LogP contribution in [-0.2, 0) is 0 Å². The van der Waals surface area contributed by atoms with Gasteiger partial charge in [-0.1, -0.05) is 19.8 Å². The van der Waals surface area contributed by atoms with E-state index >= 15 is 0 Å². The Kier molecular flexibility index (Phi) is 4.48. The van der Waals surface area contributed by atoms with Crippen LogP contribution in [0.15, 0.2) is 0 Å². The maximum absolute atomic E-state index is 3.45. The number of hydrogen-bond donors (Lipinski definition) is 1. The fourth-order valence-electron chi connectivity index (χ4n) is 3.90. The Labute approximate surface area is 107 Å². The normalized spacial score (nSPS) is 34.1. The maximum Gasteiger partial charge on any atom is 0.00910 e. The van der Waals surface area contributed by atoms with Crippen molar-refractivity contribution in [1.82, 2.24) is 10.2 Å². The third-order valence-corrected chi connectivity index (χ3v) is 5.37. The Hall–Kier alpha value is -0.0800. The minimum absolute atomic E-state index is 0.667. The molecule has 2 heteroatoms. The molecule has 2 unspecified atom stereocenters. The Morgan fingerprint density at radius 1 is 1.29 bits per heavy atom. The van der Waals surface area contributed by atoms with Gasteiger partial charge < -0.3 is 5.32 Å². The van der Waals surface area contributed by atoms with E-state index in [-0.39, 0.29) is 0 Å². The molecule has 1 saturated heterocycles. The predicted molar refractivity (Wildman–Crippen MR) is 74.3 cm³/mol. The summed E-state index contributed by atoms with van der Waals surface area (Å²) in [5, 5.41) is 3.45. The van der Waals surface area contributed by atoms with Gasteiger partial charge in [-0.2, -0.15) is 0 Å². The molecule has 0 bridgehead atoms. The van der Waals surface area contributed by atoms with Gasteiger partial charge in [-0.3, -0.25) is 4.90 Å². The number of piperidine rings is 1. The van der Waals surface area contributed by atoms with Crippen LogP contribution in [0.1, 0.15) is 58.8 Å². The van der Waals surface area contributed by atoms with Gasteiger partial charge in [0.05, 0.1) is 0 Å². The van der Waals surface area contributed by atoms with Crippen LogP contribution in [-0.4, -0.2) is 37.1 Å². The van der Waals surface area contributed by atoms with E-state index in [0.29, 0.717) is 5.41 Å². The van der Waals surface area contributed by atoms with Crippen LogP contribution in [0, 0.1) is 5.41 Å². The molecule has 2 nitrogen and oxygen atoms in total. The maximum atomic E-state index is 3.45. The van der Waals surface area contributed by atoms with Crippen molar-refractivity contribution in [1.29, 1.82) is 0 Å². The summed E-state index contributed by atoms with van der Waals surface area (Å²) < 4.78 is 0. The van der Waals surface area contributed by atoms with Crippen molar-refractivity contribution in [2.24, 2.45) is 5.41 Å². The summed E-state index contributed by atoms with van der Waals surface area (Å²) in [6, 6.07) is 1.52. The van der Waals surface area contributed by atoms with Crippen LogP contribution in [0.3, 0.4) is 0 Å². The molecule has 1 saturated carbocycles. The zero-order valence-electron chi connectivity index (χ0n) is 12.0. The van der Waals surface area contributed by atoms with Crippen molar-refractivity contribution in [3.8, 4) is 0 Å². The summed E-state index contributed by atoms with van der Waals surface area (Å²) >= 11 is 0. The second-order valence-electron chi connectivity index (χ2n) is 6.39. The predicted octanol–water partition coefficient (Wildman–Crippen LogP) is 3.03. The van der Waals surface area contributed by atoms with Crippen LogP contribution >= 0.6 is 0 Å². The van der Waals surface area contributed by atoms with Gasteiger partial charge in [0.2, 0.25) is 0 Å². The molecule has 0 radical (unpaired) electrons. The second-order valence-corrected chi connectivity index (χ2v) is 6.39. The summed E-state index contributed by atoms with van der Waals surface area (Å²) in [4.78, 5) is 2.77. The number of hydrogen-bond acceptors (Lipinski definition) is 2. The second kappa shape index (κ2) is 5.71. The first-order valence-corrected chi connectivity index (χ1v) is 7.60. The van der Waals surface area contributed by atoms with Crippen LogP contribution in [0.5, 0.6) is 0 Å². The van der Waals surface area contributed by atoms with Crippen molar-refractivity contribution in [3.05, 3.63) is 0 Å². The first kappa shape index (κ1) is 13.4. The monoisotopic (exact) mass is 238 g/mol. The van der Waals surface area contributed by atoms with E-state index < -0.39 is 0 Å². The summed E-state index contributed by atoms with van der Waals surface area (Å²) in [6.07, 6.45) is 9.93. The third-order valence-electron chi connectivity index (χ3n) is 5.37. The lowest BCUT2D eigenvalue weighted by atomic mass is 9.81. The lowest BCUT2D eigenvalue weighted by molar-refractivity contribution is 0.0760. The Morgan fingerprint density at radius 2 is 2.00 bits per heavy atom. The van der Waals surface area contributed by atoms with Gasteiger partial charge in [-0.05, 0) is 58.0 Å². The van der Waals surface area contributed by atoms with Crippen LogP contribution in [0.25, 0.3) is 0 Å². The molecule has 1 aliphatic carbocycles. The van der Waals surface area contributed by atoms with E-state index in [2.05, 4.69) is 31.1 Å². The lowest BCUT2D eigenvalue weighted by Crippen LogP contribution is -2.49. The van der Waals surface area contributed by atoms with E-state index in [1.165, 1.54) is 58.0 Å². The highest BCUT2D eigenvalue weighted by Crippen LogP contribution is 2.42. The summed E-state index contributed by atoms with van der Waals surface area (Å²) in [5.74, 6) is 0. The molecule has 2 fully saturated rings. The van der Waals surface area contributed by atoms with Crippen molar-refractivity contribution in [2.45, 2.75) is 70.9 Å². The average molecular weight is 238 g/mol. The number of nitrogens with zero attached hydrogens (tertiary/aromatic N) is 1. The highest BCUT2D eigenvalue weighted by Gasteiger charge is 2.36. The van der Waals surface area contributed by atoms with Crippen LogP contribution in [0.4, 0.5) is 0 Å². The Balaban J connectivity index is 1.90. The molecular formula is C15H30N2. The zero-order chi connectivity index (χ0) is 12.3. The average Bonchev–Trinajstić information content (AvgIpc) is 2.81. The van der Waals surface area contributed by atoms with Gasteiger partial charge in [0, 0.05) is 18.6 Å². The third kappa shape index (κ3) is 3.03. The molecule has 0 spiro atoms. The smallest absolute Gasteiger partial charge is 0.00910 e. The Morgan fingerprint density at radius 3 is 2.53 bits per heavy atom. The fraction of sp³-hybridized carbons (Fsp3) is 1.00. The lowest BCUT2D eigenvalue weighted by Gasteiger charge is -2.42. The van der Waals surface area contributed by atoms with Gasteiger partial charge in [-0.25, -0.2) is 0 Å². The van der Waals surface area contributed by atoms with Crippen LogP contribution in [0.2, 0.25) is 0 Å². The first-order chi connectivity index (χ1) is 8.19. The zero-order valence-corrected chi connectivity index (χ0v) is 12.0. The fourth-order valence-corrected chi connectivity index (χ4v) is 3.90. The first-order valence-electron chi connectivity index (χ1n) is 7.60. The molecule has 0 aromatic rings. The highest BCUT2D eigenvalue weighted by molar-refractivity contribution is 4.90. The number of rotatable bonds is 4. The topological polar surface area (TPSA) is 15.3 Å². The molecule has 0 aromatic heterocycles. The minimum atomic E-state index is 0.667. The number of likely N-dealkylation sites (tertiary alicyclic amines) is 1. The van der Waals surface area contributed by atoms with Crippen molar-refractivity contribution >= 4 is 0 Å². The minimum Gasteiger partial charge on any atom is -0.317 e. The van der Waals surface area contributed by atoms with E-state index in [1.54, 1.807) is 0 Å². The summed E-state index contributed by atoms with van der Waals surface area (Å²) in [5.41, 5.74) is 0.667. The van der Waals surface area contributed by atoms with Gasteiger partial charge in [-0.15, -0.1) is 0 Å². The standard InChI is InChI=1S/C15H30N2/c1-4-15(8-5-6-9-15)12-17-10-7-14(16-3)11-13(17)2/h13-14,16H,4-12H2,1-3H3. The van der Waals surface area contributed by atoms with Gasteiger partial charge in [0.15, 0.2) is 0 Å². The molecule has 2 atom stereocenters. The van der Waals surface area contributed by atoms with Crippen molar-refractivity contribution in [2.75, 3.05) is 20.1 Å². The van der Waals surface area contributed by atoms with E-state index in [0.717, 1.165) is 12.1 Å². The largest absolute Gasteiger partial charge is 0.317 e. The van der Waals surface area contributed by atoms with Crippen molar-refractivity contribution < 1.29 is 0 Å². The van der Waals surface area contributed by atoms with Crippen LogP contribution < -0.4 is 5.32 Å². The Bertz CT molecular complexity index is 233. The quantitative estimate of drug-likeness (QED) is 0.810. The number of nitrogens with one attached hydrogen (secondary N) is 1. The molecular weight excluding hydrogens is 208 g/mol. The SMILES string of the molecule is CCC1(CN2CCC(NC)CC2C)CCCC1. The van der Waals surface area contributed by atoms with Crippen molar-refractivity contribution in [3.63, 3.8) is 0 Å². The van der Waals surface area contributed by atoms with E-state index in [4.69, 9.17) is 0 Å².